The number of rotatable bonds is 1. The Kier molecular flexibility index (Phi) is 3.84. The zero-order valence-electron chi connectivity index (χ0n) is 10.2. The van der Waals surface area contributed by atoms with E-state index in [2.05, 4.69) is 28.2 Å². The first-order valence-electron chi connectivity index (χ1n) is 5.87. The topological polar surface area (TPSA) is 32.3 Å². The second kappa shape index (κ2) is 5.19. The van der Waals surface area contributed by atoms with Crippen LogP contribution < -0.4 is 5.32 Å². The Hall–Kier alpha value is -0.870. The summed E-state index contributed by atoms with van der Waals surface area (Å²) in [5.41, 5.74) is 1.86. The van der Waals surface area contributed by atoms with E-state index in [1.807, 2.05) is 30.0 Å². The van der Waals surface area contributed by atoms with Gasteiger partial charge in [0.25, 0.3) is 5.91 Å². The highest BCUT2D eigenvalue weighted by molar-refractivity contribution is 9.10. The van der Waals surface area contributed by atoms with Crippen LogP contribution in [0.4, 0.5) is 0 Å². The fourth-order valence-electron chi connectivity index (χ4n) is 2.10. The summed E-state index contributed by atoms with van der Waals surface area (Å²) in [5, 5.41) is 3.34. The Balaban J connectivity index is 2.22. The highest BCUT2D eigenvalue weighted by Crippen LogP contribution is 2.22. The van der Waals surface area contributed by atoms with Crippen LogP contribution in [0.3, 0.4) is 0 Å². The maximum Gasteiger partial charge on any atom is 0.255 e. The molecule has 1 heterocycles. The number of benzene rings is 1. The van der Waals surface area contributed by atoms with E-state index in [1.165, 1.54) is 0 Å². The fraction of sp³-hybridized carbons (Fsp3) is 0.462. The zero-order chi connectivity index (χ0) is 12.4. The molecule has 0 spiro atoms. The molecule has 1 unspecified atom stereocenters. The number of halogens is 1. The molecule has 1 saturated heterocycles. The maximum absolute atomic E-state index is 12.4. The van der Waals surface area contributed by atoms with Gasteiger partial charge in [-0.2, -0.15) is 0 Å². The SMILES string of the molecule is Cc1cccc(C(=O)N2CCNC(C)C2)c1Br. The van der Waals surface area contributed by atoms with Gasteiger partial charge in [-0.1, -0.05) is 12.1 Å². The molecular formula is C13H17BrN2O. The van der Waals surface area contributed by atoms with Gasteiger partial charge in [-0.25, -0.2) is 0 Å². The van der Waals surface area contributed by atoms with Gasteiger partial charge >= 0.3 is 0 Å². The largest absolute Gasteiger partial charge is 0.336 e. The number of nitrogens with one attached hydrogen (secondary N) is 1. The van der Waals surface area contributed by atoms with Crippen molar-refractivity contribution < 1.29 is 4.79 Å². The predicted octanol–water partition coefficient (Wildman–Crippen LogP) is 2.19. The van der Waals surface area contributed by atoms with Gasteiger partial charge in [0.1, 0.15) is 0 Å². The minimum absolute atomic E-state index is 0.119. The van der Waals surface area contributed by atoms with Crippen LogP contribution in [0.2, 0.25) is 0 Å². The van der Waals surface area contributed by atoms with Gasteiger partial charge in [-0.3, -0.25) is 4.79 Å². The van der Waals surface area contributed by atoms with Crippen LogP contribution in [0.5, 0.6) is 0 Å². The molecule has 0 bridgehead atoms. The van der Waals surface area contributed by atoms with Gasteiger partial charge < -0.3 is 10.2 Å². The lowest BCUT2D eigenvalue weighted by Crippen LogP contribution is -2.51. The molecule has 1 atom stereocenters. The van der Waals surface area contributed by atoms with E-state index in [0.29, 0.717) is 6.04 Å². The van der Waals surface area contributed by atoms with E-state index < -0.39 is 0 Å². The average Bonchev–Trinajstić information content (AvgIpc) is 2.32. The molecule has 0 aliphatic carbocycles. The molecule has 92 valence electrons. The van der Waals surface area contributed by atoms with Gasteiger partial charge in [-0.15, -0.1) is 0 Å². The molecule has 1 fully saturated rings. The second-order valence-corrected chi connectivity index (χ2v) is 5.34. The van der Waals surface area contributed by atoms with Crippen molar-refractivity contribution in [3.8, 4) is 0 Å². The number of amides is 1. The summed E-state index contributed by atoms with van der Waals surface area (Å²) in [7, 11) is 0. The summed E-state index contributed by atoms with van der Waals surface area (Å²) in [4.78, 5) is 14.3. The maximum atomic E-state index is 12.4. The Morgan fingerprint density at radius 1 is 1.53 bits per heavy atom. The fourth-order valence-corrected chi connectivity index (χ4v) is 2.53. The highest BCUT2D eigenvalue weighted by atomic mass is 79.9. The monoisotopic (exact) mass is 296 g/mol. The third-order valence-electron chi connectivity index (χ3n) is 3.08. The predicted molar refractivity (Wildman–Crippen MR) is 72.2 cm³/mol. The molecule has 1 N–H and O–H groups in total. The van der Waals surface area contributed by atoms with Crippen molar-refractivity contribution in [3.63, 3.8) is 0 Å². The quantitative estimate of drug-likeness (QED) is 0.862. The molecule has 3 nitrogen and oxygen atoms in total. The molecule has 0 aromatic heterocycles. The Morgan fingerprint density at radius 3 is 3.00 bits per heavy atom. The van der Waals surface area contributed by atoms with Crippen molar-refractivity contribution >= 4 is 21.8 Å². The number of carbonyl (C=O) groups is 1. The van der Waals surface area contributed by atoms with Crippen LogP contribution in [0, 0.1) is 6.92 Å². The lowest BCUT2D eigenvalue weighted by molar-refractivity contribution is 0.0708. The first-order valence-corrected chi connectivity index (χ1v) is 6.66. The summed E-state index contributed by atoms with van der Waals surface area (Å²) in [6.07, 6.45) is 0. The minimum atomic E-state index is 0.119. The van der Waals surface area contributed by atoms with Crippen molar-refractivity contribution in [1.82, 2.24) is 10.2 Å². The van der Waals surface area contributed by atoms with Crippen LogP contribution in [0.25, 0.3) is 0 Å². The standard InChI is InChI=1S/C13H17BrN2O/c1-9-4-3-5-11(12(9)14)13(17)16-7-6-15-10(2)8-16/h3-5,10,15H,6-8H2,1-2H3. The first kappa shape index (κ1) is 12.6. The van der Waals surface area contributed by atoms with E-state index >= 15 is 0 Å². The molecule has 0 saturated carbocycles. The van der Waals surface area contributed by atoms with E-state index in [4.69, 9.17) is 0 Å². The molecule has 4 heteroatoms. The van der Waals surface area contributed by atoms with Crippen LogP contribution in [-0.2, 0) is 0 Å². The molecule has 1 aromatic carbocycles. The van der Waals surface area contributed by atoms with Gasteiger partial charge in [-0.05, 0) is 41.4 Å². The molecular weight excluding hydrogens is 280 g/mol. The van der Waals surface area contributed by atoms with Crippen LogP contribution >= 0.6 is 15.9 Å². The van der Waals surface area contributed by atoms with Crippen LogP contribution in [-0.4, -0.2) is 36.5 Å². The Morgan fingerprint density at radius 2 is 2.29 bits per heavy atom. The van der Waals surface area contributed by atoms with Crippen molar-refractivity contribution in [2.45, 2.75) is 19.9 Å². The molecule has 1 aromatic rings. The normalized spacial score (nSPS) is 20.4. The van der Waals surface area contributed by atoms with Crippen LogP contribution in [0.15, 0.2) is 22.7 Å². The third kappa shape index (κ3) is 2.69. The number of aryl methyl sites for hydroxylation is 1. The van der Waals surface area contributed by atoms with Crippen molar-refractivity contribution in [2.75, 3.05) is 19.6 Å². The van der Waals surface area contributed by atoms with Crippen LogP contribution in [0.1, 0.15) is 22.8 Å². The van der Waals surface area contributed by atoms with Gasteiger partial charge in [0.05, 0.1) is 5.56 Å². The summed E-state index contributed by atoms with van der Waals surface area (Å²) in [6, 6.07) is 6.18. The summed E-state index contributed by atoms with van der Waals surface area (Å²) in [5.74, 6) is 0.119. The van der Waals surface area contributed by atoms with Gasteiger partial charge in [0, 0.05) is 30.1 Å². The lowest BCUT2D eigenvalue weighted by Gasteiger charge is -2.32. The second-order valence-electron chi connectivity index (χ2n) is 4.54. The molecule has 1 aliphatic heterocycles. The number of piperazine rings is 1. The van der Waals surface area contributed by atoms with E-state index in [9.17, 15) is 4.79 Å². The highest BCUT2D eigenvalue weighted by Gasteiger charge is 2.23. The summed E-state index contributed by atoms with van der Waals surface area (Å²) < 4.78 is 0.913. The smallest absolute Gasteiger partial charge is 0.255 e. The van der Waals surface area contributed by atoms with E-state index in [-0.39, 0.29) is 5.91 Å². The summed E-state index contributed by atoms with van der Waals surface area (Å²) >= 11 is 3.50. The third-order valence-corrected chi connectivity index (χ3v) is 4.13. The Labute approximate surface area is 110 Å². The first-order chi connectivity index (χ1) is 8.09. The minimum Gasteiger partial charge on any atom is -0.336 e. The van der Waals surface area contributed by atoms with E-state index in [0.717, 1.165) is 35.2 Å². The molecule has 2 rings (SSSR count). The number of hydrogen-bond acceptors (Lipinski definition) is 2. The molecule has 0 radical (unpaired) electrons. The average molecular weight is 297 g/mol. The Bertz CT molecular complexity index is 433. The molecule has 1 aliphatic rings. The van der Waals surface area contributed by atoms with Gasteiger partial charge in [0.2, 0.25) is 0 Å². The van der Waals surface area contributed by atoms with Crippen molar-refractivity contribution in [1.29, 1.82) is 0 Å². The van der Waals surface area contributed by atoms with Gasteiger partial charge in [0.15, 0.2) is 0 Å². The van der Waals surface area contributed by atoms with Crippen molar-refractivity contribution in [3.05, 3.63) is 33.8 Å². The lowest BCUT2D eigenvalue weighted by atomic mass is 10.1. The molecule has 1 amide bonds. The summed E-state index contributed by atoms with van der Waals surface area (Å²) in [6.45, 7) is 6.53. The van der Waals surface area contributed by atoms with E-state index in [1.54, 1.807) is 0 Å². The zero-order valence-corrected chi connectivity index (χ0v) is 11.8. The number of carbonyl (C=O) groups excluding carboxylic acids is 1. The number of nitrogens with zero attached hydrogens (tertiary/aromatic N) is 1. The molecule has 17 heavy (non-hydrogen) atoms. The number of hydrogen-bond donors (Lipinski definition) is 1. The van der Waals surface area contributed by atoms with Crippen molar-refractivity contribution in [2.24, 2.45) is 0 Å².